The fourth-order valence-electron chi connectivity index (χ4n) is 5.42. The summed E-state index contributed by atoms with van der Waals surface area (Å²) in [4.78, 5) is 44.4. The molecule has 0 bridgehead atoms. The number of nitrogens with zero attached hydrogens (tertiary/aromatic N) is 3. The molecule has 0 radical (unpaired) electrons. The van der Waals surface area contributed by atoms with Gasteiger partial charge in [-0.05, 0) is 37.1 Å². The fourth-order valence-corrected chi connectivity index (χ4v) is 5.89. The Bertz CT molecular complexity index is 1670. The molecule has 226 valence electrons. The number of fused-ring (bicyclic) bond motifs is 1. The predicted molar refractivity (Wildman–Crippen MR) is 162 cm³/mol. The van der Waals surface area contributed by atoms with Crippen LogP contribution in [-0.4, -0.2) is 58.6 Å². The number of esters is 1. The maximum atomic E-state index is 13.6. The van der Waals surface area contributed by atoms with Crippen LogP contribution in [0.5, 0.6) is 0 Å². The summed E-state index contributed by atoms with van der Waals surface area (Å²) in [6.07, 6.45) is 4.10. The number of amides is 2. The fraction of sp³-hybridized carbons (Fsp3) is 0.355. The van der Waals surface area contributed by atoms with Crippen LogP contribution in [0.15, 0.2) is 53.2 Å². The Labute approximate surface area is 258 Å². The average molecular weight is 628 g/mol. The number of hydrogen-bond donors (Lipinski definition) is 1. The number of methoxy groups -OCH3 is 1. The summed E-state index contributed by atoms with van der Waals surface area (Å²) >= 11 is 13.2. The Morgan fingerprint density at radius 1 is 1.16 bits per heavy atom. The molecule has 10 nitrogen and oxygen atoms in total. The molecule has 0 spiro atoms. The average Bonchev–Trinajstić information content (AvgIpc) is 3.72. The van der Waals surface area contributed by atoms with Crippen molar-refractivity contribution in [3.05, 3.63) is 81.6 Å². The van der Waals surface area contributed by atoms with Crippen molar-refractivity contribution in [2.24, 2.45) is 7.05 Å². The van der Waals surface area contributed by atoms with Gasteiger partial charge in [-0.15, -0.1) is 0 Å². The van der Waals surface area contributed by atoms with Crippen LogP contribution in [0.2, 0.25) is 10.0 Å². The van der Waals surface area contributed by atoms with Crippen molar-refractivity contribution in [1.82, 2.24) is 14.5 Å². The molecule has 1 aliphatic rings. The summed E-state index contributed by atoms with van der Waals surface area (Å²) in [6.45, 7) is 2.80. The minimum absolute atomic E-state index is 0.0264. The number of para-hydroxylation sites is 1. The zero-order chi connectivity index (χ0) is 30.7. The third-order valence-corrected chi connectivity index (χ3v) is 8.20. The van der Waals surface area contributed by atoms with Gasteiger partial charge in [0, 0.05) is 48.7 Å². The van der Waals surface area contributed by atoms with Crippen LogP contribution in [0.1, 0.15) is 53.4 Å². The van der Waals surface area contributed by atoms with Gasteiger partial charge in [0.2, 0.25) is 11.8 Å². The number of likely N-dealkylation sites (tertiary alicyclic amines) is 1. The van der Waals surface area contributed by atoms with Crippen molar-refractivity contribution in [3.8, 4) is 0 Å². The number of carbonyl (C=O) groups is 3. The van der Waals surface area contributed by atoms with Gasteiger partial charge in [0.15, 0.2) is 0 Å². The van der Waals surface area contributed by atoms with Crippen molar-refractivity contribution in [2.75, 3.05) is 25.6 Å². The summed E-state index contributed by atoms with van der Waals surface area (Å²) in [5.74, 6) is -0.00686. The number of aryl methyl sites for hydroxylation is 2. The van der Waals surface area contributed by atoms with Crippen molar-refractivity contribution < 1.29 is 28.3 Å². The van der Waals surface area contributed by atoms with Gasteiger partial charge >= 0.3 is 5.97 Å². The molecule has 1 N–H and O–H groups in total. The van der Waals surface area contributed by atoms with E-state index in [0.29, 0.717) is 59.5 Å². The number of benzene rings is 2. The Morgan fingerprint density at radius 3 is 2.72 bits per heavy atom. The molecule has 1 saturated heterocycles. The first-order chi connectivity index (χ1) is 20.7. The third-order valence-electron chi connectivity index (χ3n) is 7.54. The molecule has 2 aromatic heterocycles. The maximum absolute atomic E-state index is 13.6. The molecule has 0 aliphatic carbocycles. The van der Waals surface area contributed by atoms with E-state index in [1.54, 1.807) is 29.4 Å². The lowest BCUT2D eigenvalue weighted by atomic mass is 10.1. The molecule has 5 rings (SSSR count). The number of nitrogens with one attached hydrogen (secondary N) is 1. The second-order valence-electron chi connectivity index (χ2n) is 10.3. The van der Waals surface area contributed by atoms with Crippen LogP contribution in [0.3, 0.4) is 0 Å². The number of halogens is 2. The van der Waals surface area contributed by atoms with Gasteiger partial charge in [-0.1, -0.05) is 41.4 Å². The zero-order valence-corrected chi connectivity index (χ0v) is 25.6. The van der Waals surface area contributed by atoms with Crippen LogP contribution in [0.25, 0.3) is 10.9 Å². The molecule has 43 heavy (non-hydrogen) atoms. The number of hydrogen-bond acceptors (Lipinski definition) is 7. The molecule has 1 fully saturated rings. The Hall–Kier alpha value is -3.86. The SMILES string of the molecule is CCO[C@H]1CCN(C(=O)Cc2cc(Cl)c(NC(=O)c3cn(C)c4ccccc34)cc2Cl)[C@@H]1c1ncc(CCC(=O)OC)o1. The first kappa shape index (κ1) is 30.6. The first-order valence-electron chi connectivity index (χ1n) is 14.0. The van der Waals surface area contributed by atoms with E-state index in [1.807, 2.05) is 42.8 Å². The second kappa shape index (κ2) is 13.2. The molecule has 0 unspecified atom stereocenters. The molecule has 2 atom stereocenters. The molecule has 0 saturated carbocycles. The van der Waals surface area contributed by atoms with E-state index >= 15 is 0 Å². The molecule has 2 amide bonds. The highest BCUT2D eigenvalue weighted by molar-refractivity contribution is 6.36. The number of carbonyl (C=O) groups excluding carboxylic acids is 3. The summed E-state index contributed by atoms with van der Waals surface area (Å²) in [7, 11) is 3.21. The normalized spacial score (nSPS) is 16.5. The Balaban J connectivity index is 1.31. The van der Waals surface area contributed by atoms with Gasteiger partial charge in [0.1, 0.15) is 11.8 Å². The standard InChI is InChI=1S/C31H32Cl2N4O6/c1-4-42-26-11-12-37(29(26)31-34-16-19(43-31)9-10-28(39)41-3)27(38)14-18-13-23(33)24(15-22(18)32)35-30(40)21-17-36(2)25-8-6-5-7-20(21)25/h5-8,13,15-17,26,29H,4,9-12,14H2,1-3H3,(H,35,40)/t26-,29-/m0/s1. The quantitative estimate of drug-likeness (QED) is 0.223. The monoisotopic (exact) mass is 626 g/mol. The topological polar surface area (TPSA) is 116 Å². The van der Waals surface area contributed by atoms with Gasteiger partial charge in [0.25, 0.3) is 5.91 Å². The number of oxazole rings is 1. The van der Waals surface area contributed by atoms with E-state index < -0.39 is 6.04 Å². The smallest absolute Gasteiger partial charge is 0.305 e. The molecular weight excluding hydrogens is 595 g/mol. The molecule has 4 aromatic rings. The predicted octanol–water partition coefficient (Wildman–Crippen LogP) is 5.75. The minimum Gasteiger partial charge on any atom is -0.469 e. The van der Waals surface area contributed by atoms with Crippen molar-refractivity contribution in [2.45, 2.75) is 44.8 Å². The summed E-state index contributed by atoms with van der Waals surface area (Å²) in [6, 6.07) is 10.2. The lowest BCUT2D eigenvalue weighted by Gasteiger charge is -2.26. The largest absolute Gasteiger partial charge is 0.469 e. The lowest BCUT2D eigenvalue weighted by molar-refractivity contribution is -0.140. The van der Waals surface area contributed by atoms with Crippen molar-refractivity contribution in [1.29, 1.82) is 0 Å². The van der Waals surface area contributed by atoms with E-state index in [1.165, 1.54) is 7.11 Å². The Kier molecular flexibility index (Phi) is 9.39. The van der Waals surface area contributed by atoms with Crippen molar-refractivity contribution in [3.63, 3.8) is 0 Å². The molecule has 12 heteroatoms. The van der Waals surface area contributed by atoms with Gasteiger partial charge in [-0.2, -0.15) is 0 Å². The molecular formula is C31H32Cl2N4O6. The summed E-state index contributed by atoms with van der Waals surface area (Å²) < 4.78 is 18.5. The first-order valence-corrected chi connectivity index (χ1v) is 14.7. The maximum Gasteiger partial charge on any atom is 0.305 e. The van der Waals surface area contributed by atoms with E-state index in [-0.39, 0.29) is 41.8 Å². The zero-order valence-electron chi connectivity index (χ0n) is 24.1. The summed E-state index contributed by atoms with van der Waals surface area (Å²) in [5, 5.41) is 4.22. The molecule has 2 aromatic carbocycles. The van der Waals surface area contributed by atoms with E-state index in [9.17, 15) is 14.4 Å². The molecule has 3 heterocycles. The number of anilines is 1. The number of rotatable bonds is 10. The number of ether oxygens (including phenoxy) is 2. The summed E-state index contributed by atoms with van der Waals surface area (Å²) in [5.41, 5.74) is 2.30. The highest BCUT2D eigenvalue weighted by Gasteiger charge is 2.41. The van der Waals surface area contributed by atoms with Crippen molar-refractivity contribution >= 4 is 57.6 Å². The van der Waals surface area contributed by atoms with Crippen LogP contribution in [0, 0.1) is 0 Å². The number of aromatic nitrogens is 2. The molecule has 1 aliphatic heterocycles. The van der Waals surface area contributed by atoms with Crippen LogP contribution < -0.4 is 5.32 Å². The lowest BCUT2D eigenvalue weighted by Crippen LogP contribution is -2.35. The van der Waals surface area contributed by atoms with Crippen LogP contribution in [0.4, 0.5) is 5.69 Å². The van der Waals surface area contributed by atoms with E-state index in [2.05, 4.69) is 10.3 Å². The van der Waals surface area contributed by atoms with Gasteiger partial charge < -0.3 is 28.7 Å². The van der Waals surface area contributed by atoms with Gasteiger partial charge in [-0.25, -0.2) is 4.98 Å². The van der Waals surface area contributed by atoms with Gasteiger partial charge in [-0.3, -0.25) is 14.4 Å². The third kappa shape index (κ3) is 6.56. The van der Waals surface area contributed by atoms with Crippen LogP contribution >= 0.6 is 23.2 Å². The highest BCUT2D eigenvalue weighted by Crippen LogP contribution is 2.36. The highest BCUT2D eigenvalue weighted by atomic mass is 35.5. The van der Waals surface area contributed by atoms with Gasteiger partial charge in [0.05, 0.1) is 48.5 Å². The van der Waals surface area contributed by atoms with Crippen LogP contribution in [-0.2, 0) is 39.0 Å². The Morgan fingerprint density at radius 2 is 1.95 bits per heavy atom. The van der Waals surface area contributed by atoms with E-state index in [0.717, 1.165) is 10.9 Å². The van der Waals surface area contributed by atoms with E-state index in [4.69, 9.17) is 37.1 Å². The minimum atomic E-state index is -0.534. The second-order valence-corrected chi connectivity index (χ2v) is 11.1.